The Hall–Kier alpha value is -1.77. The van der Waals surface area contributed by atoms with Crippen molar-refractivity contribution < 1.29 is 9.90 Å². The number of carbonyl (C=O) groups excluding carboxylic acids is 1. The van der Waals surface area contributed by atoms with E-state index in [1.165, 1.54) is 0 Å². The van der Waals surface area contributed by atoms with Gasteiger partial charge in [-0.05, 0) is 18.6 Å². The molecule has 0 fully saturated rings. The van der Waals surface area contributed by atoms with Gasteiger partial charge in [0.1, 0.15) is 0 Å². The first-order valence-electron chi connectivity index (χ1n) is 4.44. The second kappa shape index (κ2) is 3.18. The molecular formula is C11H10NO2. The highest BCUT2D eigenvalue weighted by molar-refractivity contribution is 5.88. The van der Waals surface area contributed by atoms with Gasteiger partial charge in [-0.3, -0.25) is 0 Å². The molecule has 1 aromatic carbocycles. The summed E-state index contributed by atoms with van der Waals surface area (Å²) in [6.07, 6.45) is -0.0319. The predicted octanol–water partition coefficient (Wildman–Crippen LogP) is 1.98. The molecule has 14 heavy (non-hydrogen) atoms. The molecule has 2 rings (SSSR count). The first-order chi connectivity index (χ1) is 6.68. The Labute approximate surface area is 81.4 Å². The minimum atomic E-state index is -1.04. The molecule has 0 aliphatic carbocycles. The van der Waals surface area contributed by atoms with Gasteiger partial charge in [0.2, 0.25) is 0 Å². The minimum Gasteiger partial charge on any atom is -0.358 e. The number of hydrogen-bond donors (Lipinski definition) is 1. The van der Waals surface area contributed by atoms with Gasteiger partial charge in [0.25, 0.3) is 0 Å². The summed E-state index contributed by atoms with van der Waals surface area (Å²) in [7, 11) is 0. The largest absolute Gasteiger partial charge is 0.360 e. The number of fused-ring (bicyclic) bond motifs is 1. The van der Waals surface area contributed by atoms with Crippen LogP contribution in [-0.2, 0) is 16.3 Å². The first-order valence-corrected chi connectivity index (χ1v) is 4.44. The average molecular weight is 188 g/mol. The first kappa shape index (κ1) is 8.81. The highest BCUT2D eigenvalue weighted by Crippen LogP contribution is 2.21. The van der Waals surface area contributed by atoms with Crippen LogP contribution in [0.5, 0.6) is 0 Å². The number of aryl methyl sites for hydroxylation is 1. The van der Waals surface area contributed by atoms with Crippen LogP contribution in [-0.4, -0.2) is 11.0 Å². The Bertz CT molecular complexity index is 485. The Morgan fingerprint density at radius 2 is 2.07 bits per heavy atom. The summed E-state index contributed by atoms with van der Waals surface area (Å²) in [5.74, 6) is -1.04. The van der Waals surface area contributed by atoms with Crippen LogP contribution in [0.25, 0.3) is 10.9 Å². The van der Waals surface area contributed by atoms with E-state index in [4.69, 9.17) is 0 Å². The van der Waals surface area contributed by atoms with Crippen LogP contribution < -0.4 is 0 Å². The van der Waals surface area contributed by atoms with Crippen LogP contribution in [0.3, 0.4) is 0 Å². The molecule has 0 unspecified atom stereocenters. The maximum Gasteiger partial charge on any atom is 0.360 e. The van der Waals surface area contributed by atoms with Crippen molar-refractivity contribution in [1.82, 2.24) is 4.98 Å². The van der Waals surface area contributed by atoms with E-state index in [-0.39, 0.29) is 6.42 Å². The van der Waals surface area contributed by atoms with Gasteiger partial charge in [-0.25, -0.2) is 9.90 Å². The van der Waals surface area contributed by atoms with Crippen LogP contribution in [0.2, 0.25) is 0 Å². The van der Waals surface area contributed by atoms with Crippen molar-refractivity contribution in [3.05, 3.63) is 35.5 Å². The van der Waals surface area contributed by atoms with Crippen molar-refractivity contribution in [2.75, 3.05) is 0 Å². The maximum atomic E-state index is 10.5. The zero-order valence-corrected chi connectivity index (χ0v) is 7.83. The second-order valence-corrected chi connectivity index (χ2v) is 3.32. The molecule has 3 nitrogen and oxygen atoms in total. The lowest BCUT2D eigenvalue weighted by atomic mass is 10.1. The van der Waals surface area contributed by atoms with Gasteiger partial charge in [0, 0.05) is 16.6 Å². The molecule has 0 aliphatic rings. The highest BCUT2D eigenvalue weighted by atomic mass is 16.4. The van der Waals surface area contributed by atoms with E-state index in [1.54, 1.807) is 0 Å². The number of carbonyl (C=O) groups is 1. The third kappa shape index (κ3) is 1.37. The molecule has 1 aromatic heterocycles. The molecule has 0 amide bonds. The maximum absolute atomic E-state index is 10.5. The number of aromatic nitrogens is 1. The SMILES string of the molecule is Cc1[nH]c2ccccc2c1CC([O])=O. The molecule has 0 bridgehead atoms. The van der Waals surface area contributed by atoms with E-state index >= 15 is 0 Å². The van der Waals surface area contributed by atoms with Gasteiger partial charge >= 0.3 is 5.97 Å². The number of hydrogen-bond acceptors (Lipinski definition) is 1. The third-order valence-electron chi connectivity index (χ3n) is 2.35. The predicted molar refractivity (Wildman–Crippen MR) is 52.4 cm³/mol. The number of aromatic amines is 1. The van der Waals surface area contributed by atoms with E-state index in [1.807, 2.05) is 31.2 Å². The van der Waals surface area contributed by atoms with E-state index in [9.17, 15) is 9.90 Å². The van der Waals surface area contributed by atoms with Gasteiger partial charge in [0.15, 0.2) is 0 Å². The number of benzene rings is 1. The zero-order chi connectivity index (χ0) is 10.1. The summed E-state index contributed by atoms with van der Waals surface area (Å²) < 4.78 is 0. The number of nitrogens with one attached hydrogen (secondary N) is 1. The molecule has 0 spiro atoms. The monoisotopic (exact) mass is 188 g/mol. The normalized spacial score (nSPS) is 10.6. The Balaban J connectivity index is 2.62. The molecular weight excluding hydrogens is 178 g/mol. The quantitative estimate of drug-likeness (QED) is 0.769. The smallest absolute Gasteiger partial charge is 0.358 e. The third-order valence-corrected chi connectivity index (χ3v) is 2.35. The molecule has 2 aromatic rings. The number of para-hydroxylation sites is 1. The molecule has 3 heteroatoms. The summed E-state index contributed by atoms with van der Waals surface area (Å²) >= 11 is 0. The molecule has 0 atom stereocenters. The molecule has 1 radical (unpaired) electrons. The van der Waals surface area contributed by atoms with Crippen LogP contribution in [0, 0.1) is 6.92 Å². The molecule has 1 N–H and O–H groups in total. The minimum absolute atomic E-state index is 0.0319. The Morgan fingerprint density at radius 3 is 2.79 bits per heavy atom. The van der Waals surface area contributed by atoms with E-state index in [0.29, 0.717) is 0 Å². The topological polar surface area (TPSA) is 52.8 Å². The average Bonchev–Trinajstić information content (AvgIpc) is 2.43. The molecule has 0 saturated heterocycles. The van der Waals surface area contributed by atoms with Crippen molar-refractivity contribution in [1.29, 1.82) is 0 Å². The van der Waals surface area contributed by atoms with Gasteiger partial charge in [0.05, 0.1) is 6.42 Å². The van der Waals surface area contributed by atoms with Crippen molar-refractivity contribution in [2.45, 2.75) is 13.3 Å². The van der Waals surface area contributed by atoms with Crippen molar-refractivity contribution in [3.63, 3.8) is 0 Å². The van der Waals surface area contributed by atoms with Gasteiger partial charge in [-0.1, -0.05) is 18.2 Å². The Kier molecular flexibility index (Phi) is 2.00. The Morgan fingerprint density at radius 1 is 1.36 bits per heavy atom. The molecule has 0 saturated carbocycles. The fourth-order valence-electron chi connectivity index (χ4n) is 1.71. The summed E-state index contributed by atoms with van der Waals surface area (Å²) in [6, 6.07) is 7.66. The molecule has 1 heterocycles. The summed E-state index contributed by atoms with van der Waals surface area (Å²) in [5, 5.41) is 11.5. The molecule has 71 valence electrons. The lowest BCUT2D eigenvalue weighted by Crippen LogP contribution is -1.98. The van der Waals surface area contributed by atoms with Crippen molar-refractivity contribution >= 4 is 16.9 Å². The number of H-pyrrole nitrogens is 1. The van der Waals surface area contributed by atoms with Crippen LogP contribution in [0.1, 0.15) is 11.3 Å². The fraction of sp³-hybridized carbons (Fsp3) is 0.182. The second-order valence-electron chi connectivity index (χ2n) is 3.32. The van der Waals surface area contributed by atoms with Crippen molar-refractivity contribution in [2.24, 2.45) is 0 Å². The van der Waals surface area contributed by atoms with Gasteiger partial charge in [-0.2, -0.15) is 0 Å². The van der Waals surface area contributed by atoms with Gasteiger partial charge in [-0.15, -0.1) is 0 Å². The fourth-order valence-corrected chi connectivity index (χ4v) is 1.71. The highest BCUT2D eigenvalue weighted by Gasteiger charge is 2.11. The summed E-state index contributed by atoms with van der Waals surface area (Å²) in [4.78, 5) is 13.7. The van der Waals surface area contributed by atoms with Crippen LogP contribution in [0.4, 0.5) is 0 Å². The van der Waals surface area contributed by atoms with Crippen LogP contribution in [0.15, 0.2) is 24.3 Å². The molecule has 0 aliphatic heterocycles. The lowest BCUT2D eigenvalue weighted by molar-refractivity contribution is -0.142. The van der Waals surface area contributed by atoms with E-state index < -0.39 is 5.97 Å². The van der Waals surface area contributed by atoms with Crippen LogP contribution >= 0.6 is 0 Å². The lowest BCUT2D eigenvalue weighted by Gasteiger charge is -1.94. The van der Waals surface area contributed by atoms with E-state index in [2.05, 4.69) is 4.98 Å². The van der Waals surface area contributed by atoms with Crippen molar-refractivity contribution in [3.8, 4) is 0 Å². The summed E-state index contributed by atoms with van der Waals surface area (Å²) in [6.45, 7) is 1.87. The standard InChI is InChI=1S/C11H10NO2/c1-7-9(6-11(13)14)8-4-2-3-5-10(8)12-7/h2-5,12H,6H2,1H3. The number of rotatable bonds is 2. The zero-order valence-electron chi connectivity index (χ0n) is 7.83. The van der Waals surface area contributed by atoms with Gasteiger partial charge < -0.3 is 4.98 Å². The van der Waals surface area contributed by atoms with E-state index in [0.717, 1.165) is 22.2 Å². The summed E-state index contributed by atoms with van der Waals surface area (Å²) in [5.41, 5.74) is 2.69.